The third kappa shape index (κ3) is 11.6. The van der Waals surface area contributed by atoms with Gasteiger partial charge in [0.1, 0.15) is 6.29 Å². The van der Waals surface area contributed by atoms with E-state index in [1.807, 2.05) is 26.8 Å². The van der Waals surface area contributed by atoms with Crippen molar-refractivity contribution in [3.8, 4) is 11.3 Å². The summed E-state index contributed by atoms with van der Waals surface area (Å²) in [6.45, 7) is 13.4. The lowest BCUT2D eigenvalue weighted by molar-refractivity contribution is 0.0443. The Morgan fingerprint density at radius 3 is 2.38 bits per heavy atom. The molecule has 1 atom stereocenters. The Hall–Kier alpha value is -2.55. The number of H-pyrrole nitrogens is 1. The number of hydrogen-bond donors (Lipinski definition) is 2. The molecule has 0 spiro atoms. The van der Waals surface area contributed by atoms with E-state index in [0.29, 0.717) is 22.9 Å². The third-order valence-electron chi connectivity index (χ3n) is 6.15. The molecule has 8 heteroatoms. The van der Waals surface area contributed by atoms with Crippen molar-refractivity contribution in [1.82, 2.24) is 15.1 Å². The summed E-state index contributed by atoms with van der Waals surface area (Å²) in [5, 5.41) is 9.68. The number of hydrogen-bond acceptors (Lipinski definition) is 7. The number of carbonyl (C=O) groups is 2. The van der Waals surface area contributed by atoms with Crippen molar-refractivity contribution in [3.63, 3.8) is 0 Å². The number of aryl methyl sites for hydroxylation is 1. The largest absolute Gasteiger partial charge is 0.388 e. The van der Waals surface area contributed by atoms with Crippen molar-refractivity contribution in [2.75, 3.05) is 52.3 Å². The van der Waals surface area contributed by atoms with Gasteiger partial charge in [-0.2, -0.15) is 5.10 Å². The molecular weight excluding hydrogens is 468 g/mol. The van der Waals surface area contributed by atoms with Crippen LogP contribution >= 0.6 is 0 Å². The maximum atomic E-state index is 11.0. The topological polar surface area (TPSA) is 96.6 Å². The first kappa shape index (κ1) is 32.5. The summed E-state index contributed by atoms with van der Waals surface area (Å²) >= 11 is 0. The van der Waals surface area contributed by atoms with Gasteiger partial charge in [0.15, 0.2) is 6.29 Å². The molecule has 1 aromatic carbocycles. The molecular formula is C29H48N4O4. The number of aldehydes is 2. The number of aromatic nitrogens is 2. The number of aromatic amines is 1. The zero-order chi connectivity index (χ0) is 27.5. The van der Waals surface area contributed by atoms with Crippen LogP contribution < -0.4 is 5.32 Å². The number of anilines is 1. The normalized spacial score (nSPS) is 17.1. The van der Waals surface area contributed by atoms with E-state index >= 15 is 0 Å². The van der Waals surface area contributed by atoms with Gasteiger partial charge in [0, 0.05) is 50.2 Å². The van der Waals surface area contributed by atoms with Crippen LogP contribution in [0.2, 0.25) is 0 Å². The Morgan fingerprint density at radius 2 is 1.81 bits per heavy atom. The van der Waals surface area contributed by atoms with E-state index in [1.54, 1.807) is 13.1 Å². The van der Waals surface area contributed by atoms with Gasteiger partial charge in [0.05, 0.1) is 23.6 Å². The summed E-state index contributed by atoms with van der Waals surface area (Å²) in [5.41, 5.74) is 4.14. The van der Waals surface area contributed by atoms with E-state index in [1.165, 1.54) is 51.4 Å². The molecule has 2 fully saturated rings. The number of likely N-dealkylation sites (tertiary alicyclic amines) is 1. The minimum Gasteiger partial charge on any atom is -0.388 e. The van der Waals surface area contributed by atoms with Crippen LogP contribution in [0.3, 0.4) is 0 Å². The Morgan fingerprint density at radius 1 is 1.11 bits per heavy atom. The van der Waals surface area contributed by atoms with E-state index in [9.17, 15) is 9.59 Å². The van der Waals surface area contributed by atoms with Crippen LogP contribution in [-0.4, -0.2) is 80.8 Å². The molecule has 208 valence electrons. The fourth-order valence-electron chi connectivity index (χ4n) is 4.04. The number of nitrogens with one attached hydrogen (secondary N) is 2. The zero-order valence-corrected chi connectivity index (χ0v) is 23.8. The average Bonchev–Trinajstić information content (AvgIpc) is 3.63. The van der Waals surface area contributed by atoms with Crippen LogP contribution in [0.4, 0.5) is 5.69 Å². The van der Waals surface area contributed by atoms with Gasteiger partial charge in [-0.1, -0.05) is 20.8 Å². The van der Waals surface area contributed by atoms with E-state index in [0.717, 1.165) is 55.6 Å². The third-order valence-corrected chi connectivity index (χ3v) is 6.15. The average molecular weight is 517 g/mol. The molecule has 2 aliphatic rings. The van der Waals surface area contributed by atoms with Gasteiger partial charge in [0.25, 0.3) is 0 Å². The maximum Gasteiger partial charge on any atom is 0.153 e. The van der Waals surface area contributed by atoms with E-state index in [2.05, 4.69) is 34.4 Å². The number of ether oxygens (including phenoxy) is 2. The second kappa shape index (κ2) is 19.5. The van der Waals surface area contributed by atoms with Crippen molar-refractivity contribution in [3.05, 3.63) is 35.0 Å². The molecule has 1 unspecified atom stereocenters. The molecule has 8 nitrogen and oxygen atoms in total. The molecule has 0 bridgehead atoms. The van der Waals surface area contributed by atoms with Gasteiger partial charge in [-0.25, -0.2) is 0 Å². The van der Waals surface area contributed by atoms with Gasteiger partial charge in [-0.15, -0.1) is 0 Å². The summed E-state index contributed by atoms with van der Waals surface area (Å²) in [7, 11) is 3.98. The van der Waals surface area contributed by atoms with E-state index in [4.69, 9.17) is 9.47 Å². The highest BCUT2D eigenvalue weighted by atomic mass is 16.5. The minimum absolute atomic E-state index is 0.465. The van der Waals surface area contributed by atoms with Crippen molar-refractivity contribution in [2.24, 2.45) is 0 Å². The van der Waals surface area contributed by atoms with Gasteiger partial charge in [-0.3, -0.25) is 14.7 Å². The molecule has 2 aliphatic heterocycles. The smallest absolute Gasteiger partial charge is 0.153 e. The minimum atomic E-state index is 0.465. The van der Waals surface area contributed by atoms with Crippen molar-refractivity contribution in [1.29, 1.82) is 0 Å². The monoisotopic (exact) mass is 516 g/mol. The fraction of sp³-hybridized carbons (Fsp3) is 0.621. The molecule has 2 saturated heterocycles. The Bertz CT molecular complexity index is 886. The summed E-state index contributed by atoms with van der Waals surface area (Å²) in [4.78, 5) is 24.3. The van der Waals surface area contributed by atoms with Gasteiger partial charge in [0.2, 0.25) is 0 Å². The number of carbonyl (C=O) groups excluding carboxylic acids is 2. The quantitative estimate of drug-likeness (QED) is 0.451. The van der Waals surface area contributed by atoms with Crippen LogP contribution in [0.5, 0.6) is 0 Å². The Labute approximate surface area is 223 Å². The van der Waals surface area contributed by atoms with Gasteiger partial charge < -0.3 is 19.7 Å². The predicted octanol–water partition coefficient (Wildman–Crippen LogP) is 5.77. The van der Waals surface area contributed by atoms with Crippen molar-refractivity contribution >= 4 is 18.3 Å². The van der Waals surface area contributed by atoms with Crippen LogP contribution in [0.1, 0.15) is 85.6 Å². The fourth-order valence-corrected chi connectivity index (χ4v) is 4.04. The molecule has 2 N–H and O–H groups in total. The number of rotatable bonds is 7. The summed E-state index contributed by atoms with van der Waals surface area (Å²) in [5.74, 6) is 0. The van der Waals surface area contributed by atoms with Crippen LogP contribution in [0.25, 0.3) is 11.3 Å². The second-order valence-corrected chi connectivity index (χ2v) is 8.99. The van der Waals surface area contributed by atoms with Gasteiger partial charge in [-0.05, 0) is 76.7 Å². The first-order valence-electron chi connectivity index (χ1n) is 13.7. The van der Waals surface area contributed by atoms with Crippen LogP contribution in [0, 0.1) is 6.92 Å². The highest BCUT2D eigenvalue weighted by Crippen LogP contribution is 2.30. The lowest BCUT2D eigenvalue weighted by atomic mass is 10.00. The molecule has 0 amide bonds. The standard InChI is InChI=1S/C13H13N3O2.C10H21NO.C4H8O.C2H6/c1-8-3-12(14-2)11(4-9(8)6-17)13-10(7-18)5-15-16-13;1-3-9-12-10-5-4-7-11(2)8-6-10;1-2-4-5-3-1;1-2/h3-7,14H,1-2H3,(H,15,16);10H,3-9H2,1-2H3;1-4H2;1-2H3. The molecule has 37 heavy (non-hydrogen) atoms. The summed E-state index contributed by atoms with van der Waals surface area (Å²) in [6.07, 6.45) is 11.0. The summed E-state index contributed by atoms with van der Waals surface area (Å²) in [6, 6.07) is 3.61. The predicted molar refractivity (Wildman–Crippen MR) is 152 cm³/mol. The van der Waals surface area contributed by atoms with Crippen molar-refractivity contribution in [2.45, 2.75) is 72.3 Å². The lowest BCUT2D eigenvalue weighted by Crippen LogP contribution is -2.20. The Balaban J connectivity index is 0.000000308. The Kier molecular flexibility index (Phi) is 17.2. The highest BCUT2D eigenvalue weighted by Gasteiger charge is 2.15. The molecule has 0 aliphatic carbocycles. The first-order chi connectivity index (χ1) is 18.0. The SMILES string of the molecule is C1CCOC1.CC.CCCOC1CCCN(C)CC1.CNc1cc(C)c(C=O)cc1-c1[nH]ncc1C=O. The zero-order valence-electron chi connectivity index (χ0n) is 23.8. The molecule has 3 heterocycles. The maximum absolute atomic E-state index is 11.0. The highest BCUT2D eigenvalue weighted by molar-refractivity contribution is 5.92. The van der Waals surface area contributed by atoms with E-state index in [-0.39, 0.29) is 0 Å². The molecule has 1 aromatic heterocycles. The van der Waals surface area contributed by atoms with Gasteiger partial charge >= 0.3 is 0 Å². The number of nitrogens with zero attached hydrogens (tertiary/aromatic N) is 2. The van der Waals surface area contributed by atoms with Crippen molar-refractivity contribution < 1.29 is 19.1 Å². The van der Waals surface area contributed by atoms with Crippen LogP contribution in [-0.2, 0) is 9.47 Å². The number of benzene rings is 1. The lowest BCUT2D eigenvalue weighted by Gasteiger charge is -2.15. The summed E-state index contributed by atoms with van der Waals surface area (Å²) < 4.78 is 10.7. The van der Waals surface area contributed by atoms with Crippen LogP contribution in [0.15, 0.2) is 18.3 Å². The second-order valence-electron chi connectivity index (χ2n) is 8.99. The first-order valence-corrected chi connectivity index (χ1v) is 13.7. The molecule has 4 rings (SSSR count). The molecule has 0 radical (unpaired) electrons. The molecule has 2 aromatic rings. The van der Waals surface area contributed by atoms with E-state index < -0.39 is 0 Å². The molecule has 0 saturated carbocycles.